The van der Waals surface area contributed by atoms with Crippen LogP contribution >= 0.6 is 23.4 Å². The van der Waals surface area contributed by atoms with Crippen molar-refractivity contribution in [1.29, 1.82) is 0 Å². The number of thioether (sulfide) groups is 1. The Bertz CT molecular complexity index is 1280. The third-order valence-electron chi connectivity index (χ3n) is 5.39. The molecule has 0 saturated carbocycles. The van der Waals surface area contributed by atoms with E-state index in [4.69, 9.17) is 16.3 Å². The molecular weight excluding hydrogens is 470 g/mol. The number of nitrogens with zero attached hydrogens (tertiary/aromatic N) is 3. The molecule has 9 heteroatoms. The van der Waals surface area contributed by atoms with Gasteiger partial charge in [0.25, 0.3) is 0 Å². The molecule has 4 aromatic rings. The number of hydrogen-bond acceptors (Lipinski definition) is 6. The third kappa shape index (κ3) is 4.60. The summed E-state index contributed by atoms with van der Waals surface area (Å²) < 4.78 is 7.45. The minimum absolute atomic E-state index is 0.144. The van der Waals surface area contributed by atoms with Gasteiger partial charge in [0.1, 0.15) is 11.0 Å². The van der Waals surface area contributed by atoms with Gasteiger partial charge in [-0.25, -0.2) is 4.68 Å². The molecule has 1 aromatic heterocycles. The summed E-state index contributed by atoms with van der Waals surface area (Å²) >= 11 is 7.37. The SMILES string of the molecule is CCOc1ccc([C@@H]2Nn3c(nnc3-c3ccccc3)S[C@H]2C(=O)Nc2ccc(Cl)cc2)cc1. The summed E-state index contributed by atoms with van der Waals surface area (Å²) in [7, 11) is 0. The average Bonchev–Trinajstić information content (AvgIpc) is 3.29. The Morgan fingerprint density at radius 3 is 2.50 bits per heavy atom. The van der Waals surface area contributed by atoms with Crippen molar-refractivity contribution in [3.8, 4) is 17.1 Å². The number of carbonyl (C=O) groups is 1. The first-order chi connectivity index (χ1) is 16.6. The van der Waals surface area contributed by atoms with Crippen LogP contribution in [0.4, 0.5) is 5.69 Å². The van der Waals surface area contributed by atoms with E-state index in [1.165, 1.54) is 11.8 Å². The van der Waals surface area contributed by atoms with Crippen LogP contribution in [0.5, 0.6) is 5.75 Å². The Morgan fingerprint density at radius 2 is 1.79 bits per heavy atom. The van der Waals surface area contributed by atoms with Gasteiger partial charge in [-0.15, -0.1) is 10.2 Å². The van der Waals surface area contributed by atoms with Crippen LogP contribution in [0.15, 0.2) is 84.0 Å². The molecule has 0 fully saturated rings. The van der Waals surface area contributed by atoms with Gasteiger partial charge in [-0.3, -0.25) is 4.79 Å². The van der Waals surface area contributed by atoms with Gasteiger partial charge < -0.3 is 15.5 Å². The van der Waals surface area contributed by atoms with Crippen molar-refractivity contribution in [2.75, 3.05) is 17.3 Å². The zero-order valence-corrected chi connectivity index (χ0v) is 19.9. The highest BCUT2D eigenvalue weighted by Crippen LogP contribution is 2.39. The summed E-state index contributed by atoms with van der Waals surface area (Å²) in [6.45, 7) is 2.54. The summed E-state index contributed by atoms with van der Waals surface area (Å²) in [5.74, 6) is 1.33. The van der Waals surface area contributed by atoms with E-state index in [0.29, 0.717) is 28.3 Å². The monoisotopic (exact) mass is 491 g/mol. The van der Waals surface area contributed by atoms with Gasteiger partial charge in [0.05, 0.1) is 12.6 Å². The van der Waals surface area contributed by atoms with Crippen molar-refractivity contribution in [3.63, 3.8) is 0 Å². The molecule has 7 nitrogen and oxygen atoms in total. The zero-order valence-electron chi connectivity index (χ0n) is 18.3. The Balaban J connectivity index is 1.49. The van der Waals surface area contributed by atoms with Crippen molar-refractivity contribution >= 4 is 35.0 Å². The van der Waals surface area contributed by atoms with Gasteiger partial charge in [-0.05, 0) is 48.9 Å². The maximum absolute atomic E-state index is 13.4. The van der Waals surface area contributed by atoms with Crippen LogP contribution < -0.4 is 15.5 Å². The number of anilines is 1. The number of benzene rings is 3. The van der Waals surface area contributed by atoms with Gasteiger partial charge in [-0.1, -0.05) is 65.8 Å². The fourth-order valence-electron chi connectivity index (χ4n) is 3.76. The van der Waals surface area contributed by atoms with Gasteiger partial charge >= 0.3 is 0 Å². The molecule has 2 heterocycles. The number of aromatic nitrogens is 3. The molecule has 5 rings (SSSR count). The van der Waals surface area contributed by atoms with E-state index in [0.717, 1.165) is 16.9 Å². The number of ether oxygens (including phenoxy) is 1. The minimum Gasteiger partial charge on any atom is -0.494 e. The Labute approximate surface area is 206 Å². The maximum atomic E-state index is 13.4. The summed E-state index contributed by atoms with van der Waals surface area (Å²) in [5.41, 5.74) is 6.05. The van der Waals surface area contributed by atoms with Crippen LogP contribution in [0.1, 0.15) is 18.5 Å². The quantitative estimate of drug-likeness (QED) is 0.376. The smallest absolute Gasteiger partial charge is 0.240 e. The molecule has 34 heavy (non-hydrogen) atoms. The van der Waals surface area contributed by atoms with E-state index in [1.54, 1.807) is 24.3 Å². The van der Waals surface area contributed by atoms with Crippen molar-refractivity contribution in [3.05, 3.63) is 89.4 Å². The fourth-order valence-corrected chi connectivity index (χ4v) is 4.97. The molecule has 0 saturated heterocycles. The van der Waals surface area contributed by atoms with Crippen LogP contribution in [0.2, 0.25) is 5.02 Å². The number of nitrogens with one attached hydrogen (secondary N) is 2. The molecule has 0 radical (unpaired) electrons. The summed E-state index contributed by atoms with van der Waals surface area (Å²) in [4.78, 5) is 13.4. The number of halogens is 1. The largest absolute Gasteiger partial charge is 0.494 e. The van der Waals surface area contributed by atoms with E-state index in [2.05, 4.69) is 20.9 Å². The predicted octanol–water partition coefficient (Wildman–Crippen LogP) is 5.40. The van der Waals surface area contributed by atoms with Gasteiger partial charge in [0, 0.05) is 16.3 Å². The molecule has 2 N–H and O–H groups in total. The lowest BCUT2D eigenvalue weighted by molar-refractivity contribution is -0.116. The topological polar surface area (TPSA) is 81.1 Å². The van der Waals surface area contributed by atoms with Gasteiger partial charge in [-0.2, -0.15) is 0 Å². The highest BCUT2D eigenvalue weighted by Gasteiger charge is 2.38. The lowest BCUT2D eigenvalue weighted by atomic mass is 10.0. The van der Waals surface area contributed by atoms with Crippen LogP contribution in [0, 0.1) is 0 Å². The van der Waals surface area contributed by atoms with Crippen molar-refractivity contribution < 1.29 is 9.53 Å². The number of fused-ring (bicyclic) bond motifs is 1. The summed E-state index contributed by atoms with van der Waals surface area (Å²) in [6, 6.07) is 24.3. The highest BCUT2D eigenvalue weighted by atomic mass is 35.5. The van der Waals surface area contributed by atoms with E-state index in [9.17, 15) is 4.79 Å². The molecule has 0 unspecified atom stereocenters. The van der Waals surface area contributed by atoms with Crippen LogP contribution in [-0.4, -0.2) is 32.6 Å². The van der Waals surface area contributed by atoms with Crippen LogP contribution in [0.3, 0.4) is 0 Å². The molecule has 0 spiro atoms. The molecule has 0 aliphatic carbocycles. The first-order valence-electron chi connectivity index (χ1n) is 10.9. The van der Waals surface area contributed by atoms with Gasteiger partial charge in [0.15, 0.2) is 5.82 Å². The molecule has 1 aliphatic heterocycles. The Kier molecular flexibility index (Phi) is 6.42. The molecular formula is C25H22ClN5O2S. The number of rotatable bonds is 6. The lowest BCUT2D eigenvalue weighted by Crippen LogP contribution is -2.41. The van der Waals surface area contributed by atoms with Crippen LogP contribution in [-0.2, 0) is 4.79 Å². The lowest BCUT2D eigenvalue weighted by Gasteiger charge is -2.33. The molecule has 1 amide bonds. The number of hydrogen-bond donors (Lipinski definition) is 2. The second-order valence-electron chi connectivity index (χ2n) is 7.65. The molecule has 172 valence electrons. The Morgan fingerprint density at radius 1 is 1.06 bits per heavy atom. The van der Waals surface area contributed by atoms with E-state index in [1.807, 2.05) is 66.2 Å². The highest BCUT2D eigenvalue weighted by molar-refractivity contribution is 8.00. The predicted molar refractivity (Wildman–Crippen MR) is 135 cm³/mol. The second kappa shape index (κ2) is 9.79. The zero-order chi connectivity index (χ0) is 23.5. The van der Waals surface area contributed by atoms with Crippen molar-refractivity contribution in [2.24, 2.45) is 0 Å². The Hall–Kier alpha value is -3.49. The first kappa shape index (κ1) is 22.3. The average molecular weight is 492 g/mol. The molecule has 0 bridgehead atoms. The normalized spacial score (nSPS) is 16.9. The van der Waals surface area contributed by atoms with E-state index < -0.39 is 5.25 Å². The minimum atomic E-state index is -0.492. The van der Waals surface area contributed by atoms with Crippen molar-refractivity contribution in [2.45, 2.75) is 23.4 Å². The standard InChI is InChI=1S/C25H22ClN5O2S/c1-2-33-20-14-8-16(9-15-20)21-22(24(32)27-19-12-10-18(26)11-13-19)34-25-29-28-23(31(25)30-21)17-6-4-3-5-7-17/h3-15,21-22,30H,2H2,1H3,(H,27,32)/t21-,22+/m0/s1. The van der Waals surface area contributed by atoms with E-state index in [-0.39, 0.29) is 11.9 Å². The van der Waals surface area contributed by atoms with Crippen molar-refractivity contribution in [1.82, 2.24) is 14.9 Å². The molecule has 3 aromatic carbocycles. The summed E-state index contributed by atoms with van der Waals surface area (Å²) in [5, 5.41) is 12.5. The fraction of sp³-hybridized carbons (Fsp3) is 0.160. The number of carbonyl (C=O) groups excluding carboxylic acids is 1. The molecule has 2 atom stereocenters. The molecule has 1 aliphatic rings. The maximum Gasteiger partial charge on any atom is 0.240 e. The number of amides is 1. The van der Waals surface area contributed by atoms with Gasteiger partial charge in [0.2, 0.25) is 11.1 Å². The first-order valence-corrected chi connectivity index (χ1v) is 12.1. The third-order valence-corrected chi connectivity index (χ3v) is 6.86. The van der Waals surface area contributed by atoms with E-state index >= 15 is 0 Å². The van der Waals surface area contributed by atoms with Crippen LogP contribution in [0.25, 0.3) is 11.4 Å². The summed E-state index contributed by atoms with van der Waals surface area (Å²) in [6.07, 6.45) is 0. The second-order valence-corrected chi connectivity index (χ2v) is 9.20.